The maximum absolute atomic E-state index is 11.9. The van der Waals surface area contributed by atoms with Gasteiger partial charge in [-0.2, -0.15) is 13.5 Å². The Bertz CT molecular complexity index is 746. The molecular weight excluding hydrogens is 356 g/mol. The zero-order valence-corrected chi connectivity index (χ0v) is 13.6. The van der Waals surface area contributed by atoms with E-state index < -0.39 is 10.0 Å². The standard InChI is InChI=1S/C14H13BrN2O3S/c1-20-14-8-7-11(9-13(14)15)10-16-17-21(18,19)12-5-3-2-4-6-12/h2-10,17H,1H3/b16-10+. The molecule has 2 aromatic rings. The van der Waals surface area contributed by atoms with E-state index in [-0.39, 0.29) is 4.90 Å². The molecule has 0 amide bonds. The molecule has 0 unspecified atom stereocenters. The first-order chi connectivity index (χ1) is 10.0. The first-order valence-corrected chi connectivity index (χ1v) is 8.24. The molecule has 2 aromatic carbocycles. The molecule has 7 heteroatoms. The molecule has 0 spiro atoms. The summed E-state index contributed by atoms with van der Waals surface area (Å²) in [5.41, 5.74) is 0.735. The van der Waals surface area contributed by atoms with Crippen molar-refractivity contribution in [3.8, 4) is 5.75 Å². The fourth-order valence-electron chi connectivity index (χ4n) is 1.59. The van der Waals surface area contributed by atoms with E-state index in [1.807, 2.05) is 0 Å². The smallest absolute Gasteiger partial charge is 0.276 e. The quantitative estimate of drug-likeness (QED) is 0.651. The summed E-state index contributed by atoms with van der Waals surface area (Å²) in [6.45, 7) is 0. The zero-order valence-electron chi connectivity index (χ0n) is 11.2. The zero-order chi connectivity index (χ0) is 15.3. The normalized spacial score (nSPS) is 11.5. The third kappa shape index (κ3) is 4.05. The molecule has 0 heterocycles. The van der Waals surface area contributed by atoms with Crippen LogP contribution < -0.4 is 9.57 Å². The van der Waals surface area contributed by atoms with Crippen LogP contribution in [0.4, 0.5) is 0 Å². The van der Waals surface area contributed by atoms with Crippen molar-refractivity contribution in [3.63, 3.8) is 0 Å². The van der Waals surface area contributed by atoms with Gasteiger partial charge < -0.3 is 4.74 Å². The van der Waals surface area contributed by atoms with Gasteiger partial charge in [-0.15, -0.1) is 0 Å². The summed E-state index contributed by atoms with van der Waals surface area (Å²) < 4.78 is 29.7. The van der Waals surface area contributed by atoms with Gasteiger partial charge in [-0.05, 0) is 51.8 Å². The van der Waals surface area contributed by atoms with E-state index in [4.69, 9.17) is 4.74 Å². The second-order valence-corrected chi connectivity index (χ2v) is 6.58. The monoisotopic (exact) mass is 368 g/mol. The summed E-state index contributed by atoms with van der Waals surface area (Å²) in [6.07, 6.45) is 1.42. The Balaban J connectivity index is 2.11. The van der Waals surface area contributed by atoms with Crippen molar-refractivity contribution >= 4 is 32.2 Å². The highest BCUT2D eigenvalue weighted by molar-refractivity contribution is 9.10. The molecule has 0 fully saturated rings. The van der Waals surface area contributed by atoms with Gasteiger partial charge in [-0.1, -0.05) is 18.2 Å². The molecule has 0 saturated heterocycles. The van der Waals surface area contributed by atoms with Crippen molar-refractivity contribution in [1.82, 2.24) is 4.83 Å². The van der Waals surface area contributed by atoms with Gasteiger partial charge in [-0.25, -0.2) is 4.83 Å². The van der Waals surface area contributed by atoms with Crippen molar-refractivity contribution in [2.24, 2.45) is 5.10 Å². The number of methoxy groups -OCH3 is 1. The molecule has 0 saturated carbocycles. The van der Waals surface area contributed by atoms with E-state index in [2.05, 4.69) is 25.9 Å². The van der Waals surface area contributed by atoms with Crippen LogP contribution >= 0.6 is 15.9 Å². The van der Waals surface area contributed by atoms with Crippen LogP contribution in [0.2, 0.25) is 0 Å². The lowest BCUT2D eigenvalue weighted by molar-refractivity contribution is 0.412. The number of hydrazone groups is 1. The molecule has 110 valence electrons. The molecule has 5 nitrogen and oxygen atoms in total. The van der Waals surface area contributed by atoms with E-state index >= 15 is 0 Å². The van der Waals surface area contributed by atoms with Crippen LogP contribution in [0.1, 0.15) is 5.56 Å². The second kappa shape index (κ2) is 6.73. The highest BCUT2D eigenvalue weighted by Gasteiger charge is 2.11. The maximum Gasteiger partial charge on any atom is 0.276 e. The number of hydrogen-bond acceptors (Lipinski definition) is 4. The van der Waals surface area contributed by atoms with Gasteiger partial charge in [0.15, 0.2) is 0 Å². The number of ether oxygens (including phenoxy) is 1. The van der Waals surface area contributed by atoms with Crippen LogP contribution in [-0.2, 0) is 10.0 Å². The van der Waals surface area contributed by atoms with E-state index in [9.17, 15) is 8.42 Å². The summed E-state index contributed by atoms with van der Waals surface area (Å²) in [5, 5.41) is 3.76. The summed E-state index contributed by atoms with van der Waals surface area (Å²) in [6, 6.07) is 13.4. The average molecular weight is 369 g/mol. The number of halogens is 1. The van der Waals surface area contributed by atoms with Crippen LogP contribution in [0.5, 0.6) is 5.75 Å². The maximum atomic E-state index is 11.9. The van der Waals surface area contributed by atoms with Crippen molar-refractivity contribution in [1.29, 1.82) is 0 Å². The molecule has 0 aliphatic carbocycles. The topological polar surface area (TPSA) is 67.8 Å². The Morgan fingerprint density at radius 3 is 2.52 bits per heavy atom. The van der Waals surface area contributed by atoms with Gasteiger partial charge in [-0.3, -0.25) is 0 Å². The van der Waals surface area contributed by atoms with E-state index in [0.29, 0.717) is 5.75 Å². The molecule has 0 aliphatic heterocycles. The van der Waals surface area contributed by atoms with Crippen molar-refractivity contribution in [2.75, 3.05) is 7.11 Å². The predicted molar refractivity (Wildman–Crippen MR) is 85.1 cm³/mol. The molecule has 0 radical (unpaired) electrons. The predicted octanol–water partition coefficient (Wildman–Crippen LogP) is 2.77. The Morgan fingerprint density at radius 1 is 1.19 bits per heavy atom. The lowest BCUT2D eigenvalue weighted by Gasteiger charge is -2.04. The minimum atomic E-state index is -3.64. The lowest BCUT2D eigenvalue weighted by atomic mass is 10.2. The van der Waals surface area contributed by atoms with Crippen LogP contribution in [0, 0.1) is 0 Å². The highest BCUT2D eigenvalue weighted by Crippen LogP contribution is 2.24. The SMILES string of the molecule is COc1ccc(/C=N/NS(=O)(=O)c2ccccc2)cc1Br. The minimum absolute atomic E-state index is 0.165. The molecule has 0 aliphatic rings. The average Bonchev–Trinajstić information content (AvgIpc) is 2.48. The van der Waals surface area contributed by atoms with E-state index in [1.54, 1.807) is 43.5 Å². The fourth-order valence-corrected chi connectivity index (χ4v) is 2.96. The summed E-state index contributed by atoms with van der Waals surface area (Å²) in [7, 11) is -2.07. The van der Waals surface area contributed by atoms with Crippen molar-refractivity contribution in [3.05, 3.63) is 58.6 Å². The summed E-state index contributed by atoms with van der Waals surface area (Å²) in [4.78, 5) is 2.33. The molecule has 0 aromatic heterocycles. The third-order valence-electron chi connectivity index (χ3n) is 2.62. The molecular formula is C14H13BrN2O3S. The number of nitrogens with one attached hydrogen (secondary N) is 1. The number of sulfonamides is 1. The van der Waals surface area contributed by atoms with E-state index in [0.717, 1.165) is 10.0 Å². The lowest BCUT2D eigenvalue weighted by Crippen LogP contribution is -2.18. The van der Waals surface area contributed by atoms with Gasteiger partial charge in [0.05, 0.1) is 22.7 Å². The Morgan fingerprint density at radius 2 is 1.90 bits per heavy atom. The van der Waals surface area contributed by atoms with Crippen molar-refractivity contribution < 1.29 is 13.2 Å². The summed E-state index contributed by atoms with van der Waals surface area (Å²) >= 11 is 3.35. The van der Waals surface area contributed by atoms with Gasteiger partial charge in [0.2, 0.25) is 0 Å². The second-order valence-electron chi connectivity index (χ2n) is 4.06. The number of hydrogen-bond donors (Lipinski definition) is 1. The van der Waals surface area contributed by atoms with Gasteiger partial charge in [0.25, 0.3) is 10.0 Å². The highest BCUT2D eigenvalue weighted by atomic mass is 79.9. The fraction of sp³-hybridized carbons (Fsp3) is 0.0714. The van der Waals surface area contributed by atoms with E-state index in [1.165, 1.54) is 18.3 Å². The van der Waals surface area contributed by atoms with Crippen LogP contribution in [0.25, 0.3) is 0 Å². The molecule has 2 rings (SSSR count). The minimum Gasteiger partial charge on any atom is -0.496 e. The molecule has 0 atom stereocenters. The largest absolute Gasteiger partial charge is 0.496 e. The Kier molecular flexibility index (Phi) is 4.98. The van der Waals surface area contributed by atoms with Crippen LogP contribution in [0.15, 0.2) is 63.0 Å². The number of benzene rings is 2. The van der Waals surface area contributed by atoms with Gasteiger partial charge >= 0.3 is 0 Å². The molecule has 21 heavy (non-hydrogen) atoms. The van der Waals surface area contributed by atoms with Crippen LogP contribution in [0.3, 0.4) is 0 Å². The first-order valence-electron chi connectivity index (χ1n) is 5.96. The Labute approximate surface area is 131 Å². The summed E-state index contributed by atoms with van der Waals surface area (Å²) in [5.74, 6) is 0.692. The van der Waals surface area contributed by atoms with Gasteiger partial charge in [0.1, 0.15) is 5.75 Å². The van der Waals surface area contributed by atoms with Crippen LogP contribution in [-0.4, -0.2) is 21.7 Å². The third-order valence-corrected chi connectivity index (χ3v) is 4.47. The molecule has 1 N–H and O–H groups in total. The van der Waals surface area contributed by atoms with Crippen molar-refractivity contribution in [2.45, 2.75) is 4.90 Å². The Hall–Kier alpha value is -1.86. The number of nitrogens with zero attached hydrogens (tertiary/aromatic N) is 1. The van der Waals surface area contributed by atoms with Gasteiger partial charge in [0, 0.05) is 0 Å². The first kappa shape index (κ1) is 15.5. The molecule has 0 bridgehead atoms. The number of rotatable bonds is 5.